The van der Waals surface area contributed by atoms with Crippen molar-refractivity contribution in [2.75, 3.05) is 5.32 Å². The first-order valence-electron chi connectivity index (χ1n) is 5.83. The Morgan fingerprint density at radius 2 is 2.00 bits per heavy atom. The van der Waals surface area contributed by atoms with Crippen molar-refractivity contribution in [3.05, 3.63) is 24.3 Å². The molecule has 0 amide bonds. The zero-order valence-corrected chi connectivity index (χ0v) is 8.82. The van der Waals surface area contributed by atoms with Crippen molar-refractivity contribution in [2.24, 2.45) is 10.9 Å². The summed E-state index contributed by atoms with van der Waals surface area (Å²) in [6.07, 6.45) is 7.43. The van der Waals surface area contributed by atoms with Gasteiger partial charge in [0.1, 0.15) is 0 Å². The molecule has 0 saturated heterocycles. The van der Waals surface area contributed by atoms with Crippen LogP contribution in [-0.2, 0) is 0 Å². The predicted molar refractivity (Wildman–Crippen MR) is 64.0 cm³/mol. The second kappa shape index (κ2) is 3.69. The molecule has 1 N–H and O–H groups in total. The van der Waals surface area contributed by atoms with Crippen LogP contribution in [0.25, 0.3) is 0 Å². The molecule has 0 spiro atoms. The number of para-hydroxylation sites is 2. The molecule has 1 aromatic rings. The van der Waals surface area contributed by atoms with E-state index in [1.54, 1.807) is 0 Å². The third-order valence-electron chi connectivity index (χ3n) is 3.47. The summed E-state index contributed by atoms with van der Waals surface area (Å²) in [6.45, 7) is 0. The molecule has 1 aliphatic heterocycles. The second-order valence-corrected chi connectivity index (χ2v) is 4.49. The van der Waals surface area contributed by atoms with Gasteiger partial charge in [0.25, 0.3) is 0 Å². The summed E-state index contributed by atoms with van der Waals surface area (Å²) in [4.78, 5) is 4.58. The topological polar surface area (TPSA) is 24.4 Å². The zero-order valence-electron chi connectivity index (χ0n) is 8.82. The lowest BCUT2D eigenvalue weighted by atomic mass is 9.85. The van der Waals surface area contributed by atoms with Crippen LogP contribution >= 0.6 is 0 Å². The molecule has 3 rings (SSSR count). The molecule has 2 heteroatoms. The first kappa shape index (κ1) is 8.96. The molecule has 2 atom stereocenters. The maximum atomic E-state index is 4.58. The average Bonchev–Trinajstić information content (AvgIpc) is 2.48. The van der Waals surface area contributed by atoms with E-state index in [0.29, 0.717) is 12.0 Å². The van der Waals surface area contributed by atoms with Gasteiger partial charge in [0.05, 0.1) is 11.4 Å². The number of fused-ring (bicyclic) bond motifs is 2. The summed E-state index contributed by atoms with van der Waals surface area (Å²) in [7, 11) is 0. The Kier molecular flexibility index (Phi) is 2.20. The summed E-state index contributed by atoms with van der Waals surface area (Å²) < 4.78 is 0. The fourth-order valence-electron chi connectivity index (χ4n) is 2.60. The number of anilines is 1. The molecule has 1 aromatic carbocycles. The van der Waals surface area contributed by atoms with E-state index in [-0.39, 0.29) is 0 Å². The normalized spacial score (nSPS) is 28.5. The van der Waals surface area contributed by atoms with E-state index >= 15 is 0 Å². The molecular formula is C13H16N2. The average molecular weight is 200 g/mol. The maximum Gasteiger partial charge on any atom is 0.0857 e. The molecule has 0 bridgehead atoms. The van der Waals surface area contributed by atoms with Gasteiger partial charge in [-0.1, -0.05) is 25.0 Å². The van der Waals surface area contributed by atoms with Crippen LogP contribution in [0.4, 0.5) is 11.4 Å². The van der Waals surface area contributed by atoms with Gasteiger partial charge >= 0.3 is 0 Å². The van der Waals surface area contributed by atoms with Crippen LogP contribution in [0.3, 0.4) is 0 Å². The van der Waals surface area contributed by atoms with E-state index in [4.69, 9.17) is 0 Å². The summed E-state index contributed by atoms with van der Waals surface area (Å²) in [6, 6.07) is 8.93. The van der Waals surface area contributed by atoms with Crippen molar-refractivity contribution >= 4 is 17.6 Å². The van der Waals surface area contributed by atoms with Crippen molar-refractivity contribution in [3.8, 4) is 0 Å². The van der Waals surface area contributed by atoms with Gasteiger partial charge in [-0.3, -0.25) is 4.99 Å². The molecule has 2 nitrogen and oxygen atoms in total. The zero-order chi connectivity index (χ0) is 10.1. The Labute approximate surface area is 90.4 Å². The van der Waals surface area contributed by atoms with Crippen LogP contribution in [0.2, 0.25) is 0 Å². The number of nitrogens with one attached hydrogen (secondary N) is 1. The minimum atomic E-state index is 0.603. The Morgan fingerprint density at radius 1 is 1.13 bits per heavy atom. The Balaban J connectivity index is 1.95. The summed E-state index contributed by atoms with van der Waals surface area (Å²) in [5.41, 5.74) is 2.29. The largest absolute Gasteiger partial charge is 0.380 e. The van der Waals surface area contributed by atoms with E-state index in [0.717, 1.165) is 5.69 Å². The highest BCUT2D eigenvalue weighted by Gasteiger charge is 2.25. The van der Waals surface area contributed by atoms with Crippen molar-refractivity contribution < 1.29 is 0 Å². The lowest BCUT2D eigenvalue weighted by Crippen LogP contribution is -2.32. The summed E-state index contributed by atoms with van der Waals surface area (Å²) in [5.74, 6) is 0.631. The molecular weight excluding hydrogens is 184 g/mol. The van der Waals surface area contributed by atoms with E-state index in [1.807, 2.05) is 6.07 Å². The highest BCUT2D eigenvalue weighted by molar-refractivity contribution is 5.77. The highest BCUT2D eigenvalue weighted by atomic mass is 15.0. The van der Waals surface area contributed by atoms with Gasteiger partial charge in [-0.2, -0.15) is 0 Å². The third-order valence-corrected chi connectivity index (χ3v) is 3.47. The van der Waals surface area contributed by atoms with Crippen LogP contribution in [0, 0.1) is 5.92 Å². The Hall–Kier alpha value is -1.31. The van der Waals surface area contributed by atoms with Gasteiger partial charge in [-0.25, -0.2) is 0 Å². The fourth-order valence-corrected chi connectivity index (χ4v) is 2.60. The minimum absolute atomic E-state index is 0.603. The van der Waals surface area contributed by atoms with Crippen LogP contribution in [0.1, 0.15) is 25.7 Å². The van der Waals surface area contributed by atoms with Crippen molar-refractivity contribution in [1.82, 2.24) is 0 Å². The molecule has 0 radical (unpaired) electrons. The third kappa shape index (κ3) is 1.65. The fraction of sp³-hybridized carbons (Fsp3) is 0.462. The molecule has 15 heavy (non-hydrogen) atoms. The van der Waals surface area contributed by atoms with E-state index in [9.17, 15) is 0 Å². The van der Waals surface area contributed by atoms with Crippen LogP contribution < -0.4 is 5.32 Å². The molecule has 1 saturated carbocycles. The second-order valence-electron chi connectivity index (χ2n) is 4.49. The van der Waals surface area contributed by atoms with Gasteiger partial charge in [0.15, 0.2) is 0 Å². The summed E-state index contributed by atoms with van der Waals surface area (Å²) >= 11 is 0. The molecule has 1 aliphatic carbocycles. The number of benzene rings is 1. The highest BCUT2D eigenvalue weighted by Crippen LogP contribution is 2.33. The number of hydrogen-bond acceptors (Lipinski definition) is 2. The van der Waals surface area contributed by atoms with Gasteiger partial charge in [0, 0.05) is 18.2 Å². The minimum Gasteiger partial charge on any atom is -0.380 e. The van der Waals surface area contributed by atoms with E-state index in [1.165, 1.54) is 31.4 Å². The van der Waals surface area contributed by atoms with Gasteiger partial charge in [0.2, 0.25) is 0 Å². The van der Waals surface area contributed by atoms with Crippen LogP contribution in [0.5, 0.6) is 0 Å². The number of rotatable bonds is 0. The molecule has 2 aliphatic rings. The lowest BCUT2D eigenvalue weighted by molar-refractivity contribution is 0.407. The number of hydrogen-bond donors (Lipinski definition) is 1. The SMILES string of the molecule is C1=Nc2ccccc2NC2CCCCC12. The molecule has 0 aromatic heterocycles. The predicted octanol–water partition coefficient (Wildman–Crippen LogP) is 3.37. The number of aliphatic imine (C=N–C) groups is 1. The number of nitrogens with zero attached hydrogens (tertiary/aromatic N) is 1. The lowest BCUT2D eigenvalue weighted by Gasteiger charge is -2.29. The molecule has 1 fully saturated rings. The summed E-state index contributed by atoms with van der Waals surface area (Å²) in [5, 5.41) is 3.64. The van der Waals surface area contributed by atoms with Crippen molar-refractivity contribution in [3.63, 3.8) is 0 Å². The smallest absolute Gasteiger partial charge is 0.0857 e. The maximum absolute atomic E-state index is 4.58. The molecule has 78 valence electrons. The Morgan fingerprint density at radius 3 is 3.00 bits per heavy atom. The van der Waals surface area contributed by atoms with Gasteiger partial charge in [-0.15, -0.1) is 0 Å². The molecule has 2 unspecified atom stereocenters. The first-order chi connectivity index (χ1) is 7.43. The first-order valence-corrected chi connectivity index (χ1v) is 5.83. The van der Waals surface area contributed by atoms with Crippen LogP contribution in [-0.4, -0.2) is 12.3 Å². The molecule has 1 heterocycles. The van der Waals surface area contributed by atoms with Crippen molar-refractivity contribution in [2.45, 2.75) is 31.7 Å². The quantitative estimate of drug-likeness (QED) is 0.682. The standard InChI is InChI=1S/C13H16N2/c1-2-6-11-10(5-1)9-14-12-7-3-4-8-13(12)15-11/h3-4,7-11,15H,1-2,5-6H2. The Bertz CT molecular complexity index is 384. The van der Waals surface area contributed by atoms with Gasteiger partial charge in [-0.05, 0) is 25.0 Å². The van der Waals surface area contributed by atoms with E-state index in [2.05, 4.69) is 34.7 Å². The van der Waals surface area contributed by atoms with Crippen LogP contribution in [0.15, 0.2) is 29.3 Å². The van der Waals surface area contributed by atoms with E-state index < -0.39 is 0 Å². The monoisotopic (exact) mass is 200 g/mol. The van der Waals surface area contributed by atoms with Crippen molar-refractivity contribution in [1.29, 1.82) is 0 Å². The van der Waals surface area contributed by atoms with Gasteiger partial charge < -0.3 is 5.32 Å².